The summed E-state index contributed by atoms with van der Waals surface area (Å²) in [7, 11) is 0. The standard InChI is InChI=1S/C38H37FN4O3S/c1-25-33(35(44)46-23-26-10-6-5-7-11-26)34(43-36(40-25)41-37(42-43)47-24-29-12-8-9-13-32(29)39)28-16-20-31(21-17-28)45-22-27-14-18-30(19-15-27)38(2,3)4/h5-21,34H,22-24H2,1-4H3,(H,40,41,42). The maximum atomic E-state index is 14.3. The molecule has 1 N–H and O–H groups in total. The molecule has 0 fully saturated rings. The second-order valence-electron chi connectivity index (χ2n) is 12.5. The van der Waals surface area contributed by atoms with E-state index < -0.39 is 12.0 Å². The Morgan fingerprint density at radius 1 is 0.894 bits per heavy atom. The largest absolute Gasteiger partial charge is 0.489 e. The zero-order valence-corrected chi connectivity index (χ0v) is 27.7. The second-order valence-corrected chi connectivity index (χ2v) is 13.4. The number of ether oxygens (including phenoxy) is 2. The van der Waals surface area contributed by atoms with Crippen molar-refractivity contribution in [2.45, 2.75) is 63.3 Å². The number of thioether (sulfide) groups is 1. The summed E-state index contributed by atoms with van der Waals surface area (Å²) in [5.41, 5.74) is 5.76. The van der Waals surface area contributed by atoms with Crippen LogP contribution in [0.5, 0.6) is 5.75 Å². The molecule has 1 aliphatic rings. The summed E-state index contributed by atoms with van der Waals surface area (Å²) in [6.07, 6.45) is 0. The van der Waals surface area contributed by atoms with Gasteiger partial charge in [-0.3, -0.25) is 0 Å². The van der Waals surface area contributed by atoms with Crippen molar-refractivity contribution in [2.75, 3.05) is 5.32 Å². The molecule has 7 nitrogen and oxygen atoms in total. The number of nitrogens with zero attached hydrogens (tertiary/aromatic N) is 3. The van der Waals surface area contributed by atoms with Gasteiger partial charge in [-0.1, -0.05) is 117 Å². The third kappa shape index (κ3) is 7.58. The number of fused-ring (bicyclic) bond motifs is 1. The van der Waals surface area contributed by atoms with Gasteiger partial charge in [0.05, 0.1) is 5.57 Å². The van der Waals surface area contributed by atoms with Crippen LogP contribution < -0.4 is 10.1 Å². The molecule has 0 bridgehead atoms. The molecule has 0 aliphatic carbocycles. The van der Waals surface area contributed by atoms with Crippen LogP contribution in [-0.4, -0.2) is 20.7 Å². The Morgan fingerprint density at radius 2 is 1.57 bits per heavy atom. The van der Waals surface area contributed by atoms with Crippen molar-refractivity contribution in [3.8, 4) is 5.75 Å². The summed E-state index contributed by atoms with van der Waals surface area (Å²) in [4.78, 5) is 18.4. The number of nitrogens with one attached hydrogen (secondary N) is 1. The molecule has 240 valence electrons. The second kappa shape index (κ2) is 13.8. The third-order valence-corrected chi connectivity index (χ3v) is 8.89. The number of hydrogen-bond acceptors (Lipinski definition) is 7. The molecule has 4 aromatic carbocycles. The fraction of sp³-hybridized carbons (Fsp3) is 0.237. The Labute approximate surface area is 278 Å². The fourth-order valence-electron chi connectivity index (χ4n) is 5.34. The van der Waals surface area contributed by atoms with Gasteiger partial charge in [0.25, 0.3) is 0 Å². The van der Waals surface area contributed by atoms with Crippen molar-refractivity contribution in [3.63, 3.8) is 0 Å². The molecular formula is C38H37FN4O3S. The molecule has 1 aromatic heterocycles. The first-order chi connectivity index (χ1) is 22.7. The maximum Gasteiger partial charge on any atom is 0.338 e. The number of aromatic nitrogens is 3. The lowest BCUT2D eigenvalue weighted by molar-refractivity contribution is -0.140. The molecule has 2 heterocycles. The zero-order valence-electron chi connectivity index (χ0n) is 26.9. The van der Waals surface area contributed by atoms with Crippen LogP contribution in [0.25, 0.3) is 0 Å². The van der Waals surface area contributed by atoms with E-state index in [9.17, 15) is 9.18 Å². The predicted molar refractivity (Wildman–Crippen MR) is 183 cm³/mol. The highest BCUT2D eigenvalue weighted by atomic mass is 32.2. The molecule has 1 unspecified atom stereocenters. The first-order valence-corrected chi connectivity index (χ1v) is 16.5. The molecule has 0 saturated heterocycles. The van der Waals surface area contributed by atoms with Gasteiger partial charge in [0.1, 0.15) is 30.8 Å². The topological polar surface area (TPSA) is 78.3 Å². The quantitative estimate of drug-likeness (QED) is 0.120. The van der Waals surface area contributed by atoms with Crippen LogP contribution in [0.4, 0.5) is 10.3 Å². The van der Waals surface area contributed by atoms with Crippen molar-refractivity contribution in [1.82, 2.24) is 14.8 Å². The number of halogens is 1. The molecule has 0 saturated carbocycles. The molecule has 0 amide bonds. The van der Waals surface area contributed by atoms with Gasteiger partial charge < -0.3 is 14.8 Å². The number of hydrogen-bond donors (Lipinski definition) is 1. The van der Waals surface area contributed by atoms with Crippen molar-refractivity contribution in [3.05, 3.63) is 148 Å². The van der Waals surface area contributed by atoms with E-state index in [-0.39, 0.29) is 17.8 Å². The van der Waals surface area contributed by atoms with Crippen molar-refractivity contribution in [2.24, 2.45) is 0 Å². The summed E-state index contributed by atoms with van der Waals surface area (Å²) in [6, 6.07) is 31.8. The molecule has 1 aliphatic heterocycles. The lowest BCUT2D eigenvalue weighted by Gasteiger charge is -2.28. The van der Waals surface area contributed by atoms with Gasteiger partial charge in [-0.25, -0.2) is 13.9 Å². The number of esters is 1. The molecule has 47 heavy (non-hydrogen) atoms. The number of allylic oxidation sites excluding steroid dienone is 1. The lowest BCUT2D eigenvalue weighted by atomic mass is 9.87. The van der Waals surface area contributed by atoms with Crippen LogP contribution >= 0.6 is 11.8 Å². The Morgan fingerprint density at radius 3 is 2.28 bits per heavy atom. The van der Waals surface area contributed by atoms with Crippen molar-refractivity contribution in [1.29, 1.82) is 0 Å². The van der Waals surface area contributed by atoms with E-state index in [2.05, 4.69) is 55.3 Å². The van der Waals surface area contributed by atoms with Gasteiger partial charge in [0.15, 0.2) is 0 Å². The van der Waals surface area contributed by atoms with Crippen LogP contribution in [-0.2, 0) is 33.9 Å². The Hall–Kier alpha value is -4.89. The fourth-order valence-corrected chi connectivity index (χ4v) is 6.15. The van der Waals surface area contributed by atoms with E-state index in [0.29, 0.717) is 46.0 Å². The monoisotopic (exact) mass is 648 g/mol. The third-order valence-electron chi connectivity index (χ3n) is 8.00. The minimum Gasteiger partial charge on any atom is -0.489 e. The number of benzene rings is 4. The highest BCUT2D eigenvalue weighted by molar-refractivity contribution is 7.98. The Bertz CT molecular complexity index is 1880. The summed E-state index contributed by atoms with van der Waals surface area (Å²) in [5.74, 6) is 0.831. The van der Waals surface area contributed by atoms with Crippen molar-refractivity contribution >= 4 is 23.7 Å². The highest BCUT2D eigenvalue weighted by Crippen LogP contribution is 2.38. The number of carbonyl (C=O) groups excluding carboxylic acids is 1. The van der Waals surface area contributed by atoms with E-state index in [1.54, 1.807) is 22.9 Å². The average molecular weight is 649 g/mol. The summed E-state index contributed by atoms with van der Waals surface area (Å²) in [6.45, 7) is 8.99. The number of anilines is 1. The first kappa shape index (κ1) is 32.1. The smallest absolute Gasteiger partial charge is 0.338 e. The molecule has 1 atom stereocenters. The van der Waals surface area contributed by atoms with Crippen LogP contribution in [0.15, 0.2) is 120 Å². The van der Waals surface area contributed by atoms with Crippen LogP contribution in [0.3, 0.4) is 0 Å². The summed E-state index contributed by atoms with van der Waals surface area (Å²) in [5, 5.41) is 8.47. The minimum absolute atomic E-state index is 0.0900. The van der Waals surface area contributed by atoms with E-state index in [0.717, 1.165) is 16.7 Å². The average Bonchev–Trinajstić information content (AvgIpc) is 3.48. The van der Waals surface area contributed by atoms with Crippen molar-refractivity contribution < 1.29 is 18.7 Å². The normalized spacial score (nSPS) is 14.4. The van der Waals surface area contributed by atoms with Gasteiger partial charge >= 0.3 is 5.97 Å². The van der Waals surface area contributed by atoms with E-state index in [1.807, 2.05) is 61.5 Å². The van der Waals surface area contributed by atoms with Gasteiger partial charge in [0.2, 0.25) is 11.1 Å². The summed E-state index contributed by atoms with van der Waals surface area (Å²) >= 11 is 1.33. The SMILES string of the molecule is CC1=C(C(=O)OCc2ccccc2)C(c2ccc(OCc3ccc(C(C)(C)C)cc3)cc2)n2nc(SCc3ccccc3F)nc2N1. The highest BCUT2D eigenvalue weighted by Gasteiger charge is 2.35. The van der Waals surface area contributed by atoms with Gasteiger partial charge in [0, 0.05) is 11.4 Å². The van der Waals surface area contributed by atoms with E-state index >= 15 is 0 Å². The zero-order chi connectivity index (χ0) is 33.0. The Balaban J connectivity index is 1.24. The number of rotatable bonds is 10. The number of carbonyl (C=O) groups is 1. The molecule has 0 radical (unpaired) electrons. The minimum atomic E-state index is -0.608. The van der Waals surface area contributed by atoms with Crippen LogP contribution in [0.2, 0.25) is 0 Å². The molecule has 0 spiro atoms. The maximum absolute atomic E-state index is 14.3. The molecule has 5 aromatic rings. The molecular weight excluding hydrogens is 612 g/mol. The van der Waals surface area contributed by atoms with E-state index in [4.69, 9.17) is 14.6 Å². The summed E-state index contributed by atoms with van der Waals surface area (Å²) < 4.78 is 27.9. The lowest BCUT2D eigenvalue weighted by Crippen LogP contribution is -2.29. The van der Waals surface area contributed by atoms with Gasteiger partial charge in [-0.15, -0.1) is 5.10 Å². The van der Waals surface area contributed by atoms with Crippen LogP contribution in [0.1, 0.15) is 61.6 Å². The predicted octanol–water partition coefficient (Wildman–Crippen LogP) is 8.62. The molecule has 6 rings (SSSR count). The Kier molecular flexibility index (Phi) is 9.45. The van der Waals surface area contributed by atoms with Crippen LogP contribution in [0, 0.1) is 5.82 Å². The van der Waals surface area contributed by atoms with E-state index in [1.165, 1.54) is 23.4 Å². The molecule has 9 heteroatoms. The first-order valence-electron chi connectivity index (χ1n) is 15.5. The van der Waals surface area contributed by atoms with Gasteiger partial charge in [-0.05, 0) is 58.4 Å². The van der Waals surface area contributed by atoms with Gasteiger partial charge in [-0.2, -0.15) is 4.98 Å².